The first-order valence-electron chi connectivity index (χ1n) is 10.9. The van der Waals surface area contributed by atoms with E-state index in [2.05, 4.69) is 5.43 Å². The maximum Gasteiger partial charge on any atom is 0.281 e. The summed E-state index contributed by atoms with van der Waals surface area (Å²) in [5.74, 6) is -1.71. The Labute approximate surface area is 213 Å². The molecule has 3 aromatic carbocycles. The van der Waals surface area contributed by atoms with Gasteiger partial charge in [-0.25, -0.2) is 8.78 Å². The van der Waals surface area contributed by atoms with Crippen LogP contribution in [-0.2, 0) is 21.2 Å². The molecule has 0 spiro atoms. The van der Waals surface area contributed by atoms with Crippen molar-refractivity contribution in [3.63, 3.8) is 0 Å². The standard InChI is InChI=1S/C25H25ClF2N2O5S/c1-4-6-25(31)29-30(36(32,33)18-10-12-23(34-2)24(15-18)35-3)22-11-9-17(26)13-16(22)14-19-20(27)7-5-8-21(19)28/h5,7-13,15H,4,6,14H2,1-3H3,(H,29,31). The van der Waals surface area contributed by atoms with Gasteiger partial charge in [-0.15, -0.1) is 0 Å². The van der Waals surface area contributed by atoms with Crippen molar-refractivity contribution in [3.8, 4) is 11.5 Å². The third kappa shape index (κ3) is 5.88. The van der Waals surface area contributed by atoms with Gasteiger partial charge in [0.2, 0.25) is 5.91 Å². The molecule has 7 nitrogen and oxygen atoms in total. The van der Waals surface area contributed by atoms with Crippen molar-refractivity contribution in [2.45, 2.75) is 31.1 Å². The van der Waals surface area contributed by atoms with Gasteiger partial charge in [-0.1, -0.05) is 24.6 Å². The molecule has 0 aromatic heterocycles. The third-order valence-electron chi connectivity index (χ3n) is 5.29. The summed E-state index contributed by atoms with van der Waals surface area (Å²) in [6, 6.07) is 11.6. The maximum absolute atomic E-state index is 14.4. The van der Waals surface area contributed by atoms with Crippen molar-refractivity contribution in [3.05, 3.63) is 82.4 Å². The lowest BCUT2D eigenvalue weighted by atomic mass is 10.0. The Balaban J connectivity index is 2.19. The van der Waals surface area contributed by atoms with Crippen LogP contribution in [0.1, 0.15) is 30.9 Å². The number of rotatable bonds is 10. The van der Waals surface area contributed by atoms with E-state index in [4.69, 9.17) is 21.1 Å². The van der Waals surface area contributed by atoms with Gasteiger partial charge >= 0.3 is 0 Å². The number of hydrogen-bond donors (Lipinski definition) is 1. The molecule has 11 heteroatoms. The summed E-state index contributed by atoms with van der Waals surface area (Å²) in [6.07, 6.45) is 0.183. The highest BCUT2D eigenvalue weighted by molar-refractivity contribution is 7.92. The van der Waals surface area contributed by atoms with Gasteiger partial charge in [0.15, 0.2) is 11.5 Å². The number of amides is 1. The number of anilines is 1. The Morgan fingerprint density at radius 2 is 1.67 bits per heavy atom. The molecule has 1 N–H and O–H groups in total. The van der Waals surface area contributed by atoms with Crippen LogP contribution in [0.25, 0.3) is 0 Å². The van der Waals surface area contributed by atoms with Crippen molar-refractivity contribution in [2.75, 3.05) is 18.6 Å². The highest BCUT2D eigenvalue weighted by atomic mass is 35.5. The van der Waals surface area contributed by atoms with Crippen molar-refractivity contribution in [1.82, 2.24) is 5.43 Å². The number of benzene rings is 3. The van der Waals surface area contributed by atoms with E-state index in [9.17, 15) is 22.0 Å². The zero-order chi connectivity index (χ0) is 26.5. The molecule has 0 radical (unpaired) electrons. The monoisotopic (exact) mass is 538 g/mol. The van der Waals surface area contributed by atoms with E-state index in [0.29, 0.717) is 16.6 Å². The van der Waals surface area contributed by atoms with Crippen LogP contribution in [0, 0.1) is 11.6 Å². The molecule has 0 aliphatic heterocycles. The smallest absolute Gasteiger partial charge is 0.281 e. The SMILES string of the molecule is CCCC(=O)NN(c1ccc(Cl)cc1Cc1c(F)cccc1F)S(=O)(=O)c1ccc(OC)c(OC)c1. The topological polar surface area (TPSA) is 84.9 Å². The average molecular weight is 539 g/mol. The largest absolute Gasteiger partial charge is 0.493 e. The summed E-state index contributed by atoms with van der Waals surface area (Å²) in [4.78, 5) is 12.4. The number of hydrazine groups is 1. The predicted molar refractivity (Wildman–Crippen MR) is 133 cm³/mol. The lowest BCUT2D eigenvalue weighted by molar-refractivity contribution is -0.121. The molecular weight excluding hydrogens is 514 g/mol. The fraction of sp³-hybridized carbons (Fsp3) is 0.240. The number of nitrogens with one attached hydrogen (secondary N) is 1. The Hall–Kier alpha value is -3.37. The number of ether oxygens (including phenoxy) is 2. The van der Waals surface area contributed by atoms with Gasteiger partial charge in [-0.05, 0) is 54.4 Å². The van der Waals surface area contributed by atoms with Crippen LogP contribution in [0.15, 0.2) is 59.5 Å². The van der Waals surface area contributed by atoms with Crippen LogP contribution in [0.5, 0.6) is 11.5 Å². The minimum absolute atomic E-state index is 0.0266. The van der Waals surface area contributed by atoms with E-state index >= 15 is 0 Å². The van der Waals surface area contributed by atoms with Gasteiger partial charge in [-0.2, -0.15) is 12.8 Å². The van der Waals surface area contributed by atoms with Crippen LogP contribution < -0.4 is 19.3 Å². The Bertz CT molecular complexity index is 1350. The van der Waals surface area contributed by atoms with Gasteiger partial charge < -0.3 is 9.47 Å². The van der Waals surface area contributed by atoms with E-state index in [0.717, 1.165) is 12.1 Å². The second-order valence-electron chi connectivity index (χ2n) is 7.72. The Morgan fingerprint density at radius 1 is 1.00 bits per heavy atom. The molecule has 0 bridgehead atoms. The normalized spacial score (nSPS) is 11.2. The summed E-state index contributed by atoms with van der Waals surface area (Å²) in [7, 11) is -1.67. The summed E-state index contributed by atoms with van der Waals surface area (Å²) in [5.41, 5.74) is 2.29. The van der Waals surface area contributed by atoms with Crippen molar-refractivity contribution in [2.24, 2.45) is 0 Å². The molecule has 0 fully saturated rings. The molecule has 3 rings (SSSR count). The highest BCUT2D eigenvalue weighted by Crippen LogP contribution is 2.34. The maximum atomic E-state index is 14.4. The highest BCUT2D eigenvalue weighted by Gasteiger charge is 2.30. The molecule has 0 saturated heterocycles. The fourth-order valence-electron chi connectivity index (χ4n) is 3.51. The van der Waals surface area contributed by atoms with Crippen LogP contribution in [0.2, 0.25) is 5.02 Å². The zero-order valence-electron chi connectivity index (χ0n) is 19.8. The van der Waals surface area contributed by atoms with Crippen molar-refractivity contribution < 1.29 is 31.5 Å². The first kappa shape index (κ1) is 27.2. The molecule has 0 aliphatic rings. The van der Waals surface area contributed by atoms with Crippen LogP contribution in [-0.4, -0.2) is 28.5 Å². The van der Waals surface area contributed by atoms with Crippen LogP contribution in [0.4, 0.5) is 14.5 Å². The summed E-state index contributed by atoms with van der Waals surface area (Å²) in [5, 5.41) is 0.217. The average Bonchev–Trinajstić information content (AvgIpc) is 2.85. The first-order valence-corrected chi connectivity index (χ1v) is 12.7. The Kier molecular flexibility index (Phi) is 8.75. The summed E-state index contributed by atoms with van der Waals surface area (Å²) >= 11 is 6.15. The minimum Gasteiger partial charge on any atom is -0.493 e. The van der Waals surface area contributed by atoms with E-state index in [-0.39, 0.29) is 45.3 Å². The lowest BCUT2D eigenvalue weighted by Gasteiger charge is -2.27. The molecule has 0 heterocycles. The number of sulfonamides is 1. The van der Waals surface area contributed by atoms with Gasteiger partial charge in [-0.3, -0.25) is 10.2 Å². The Morgan fingerprint density at radius 3 is 2.28 bits per heavy atom. The number of methoxy groups -OCH3 is 2. The molecule has 0 aliphatic carbocycles. The zero-order valence-corrected chi connectivity index (χ0v) is 21.4. The van der Waals surface area contributed by atoms with E-state index in [1.54, 1.807) is 6.92 Å². The number of hydrogen-bond acceptors (Lipinski definition) is 5. The molecule has 36 heavy (non-hydrogen) atoms. The van der Waals surface area contributed by atoms with Gasteiger partial charge in [0.1, 0.15) is 11.6 Å². The molecule has 0 unspecified atom stereocenters. The first-order chi connectivity index (χ1) is 17.1. The number of nitrogens with zero attached hydrogens (tertiary/aromatic N) is 1. The van der Waals surface area contributed by atoms with Crippen LogP contribution >= 0.6 is 11.6 Å². The predicted octanol–water partition coefficient (Wildman–Crippen LogP) is 5.25. The summed E-state index contributed by atoms with van der Waals surface area (Å²) in [6.45, 7) is 1.77. The third-order valence-corrected chi connectivity index (χ3v) is 7.14. The lowest BCUT2D eigenvalue weighted by Crippen LogP contribution is -2.46. The molecular formula is C25H25ClF2N2O5S. The molecule has 3 aromatic rings. The van der Waals surface area contributed by atoms with E-state index < -0.39 is 27.6 Å². The van der Waals surface area contributed by atoms with E-state index in [1.165, 1.54) is 56.7 Å². The minimum atomic E-state index is -4.44. The molecule has 0 atom stereocenters. The van der Waals surface area contributed by atoms with Crippen molar-refractivity contribution >= 4 is 33.2 Å². The van der Waals surface area contributed by atoms with Gasteiger partial charge in [0, 0.05) is 29.5 Å². The van der Waals surface area contributed by atoms with Crippen molar-refractivity contribution in [1.29, 1.82) is 0 Å². The number of carbonyl (C=O) groups excluding carboxylic acids is 1. The molecule has 0 saturated carbocycles. The van der Waals surface area contributed by atoms with E-state index in [1.807, 2.05) is 0 Å². The molecule has 1 amide bonds. The molecule has 192 valence electrons. The quantitative estimate of drug-likeness (QED) is 0.356. The number of halogens is 3. The fourth-order valence-corrected chi connectivity index (χ4v) is 5.07. The van der Waals surface area contributed by atoms with Gasteiger partial charge in [0.25, 0.3) is 10.0 Å². The number of carbonyl (C=O) groups is 1. The second kappa shape index (κ2) is 11.6. The summed E-state index contributed by atoms with van der Waals surface area (Å²) < 4.78 is 67.6. The second-order valence-corrected chi connectivity index (χ2v) is 9.94. The van der Waals surface area contributed by atoms with Gasteiger partial charge in [0.05, 0.1) is 24.8 Å². The van der Waals surface area contributed by atoms with Crippen LogP contribution in [0.3, 0.4) is 0 Å².